The summed E-state index contributed by atoms with van der Waals surface area (Å²) in [7, 11) is 0. The van der Waals surface area contributed by atoms with E-state index < -0.39 is 0 Å². The Bertz CT molecular complexity index is 583. The van der Waals surface area contributed by atoms with E-state index >= 15 is 0 Å². The maximum absolute atomic E-state index is 6.09. The SMILES string of the molecule is Cc1nn(-c2ccc(Cl)cc2CNC2CC2)cc1Cl. The molecule has 1 fully saturated rings. The third-order valence-corrected chi connectivity index (χ3v) is 3.89. The van der Waals surface area contributed by atoms with Gasteiger partial charge in [0.05, 0.1) is 16.4 Å². The van der Waals surface area contributed by atoms with Crippen LogP contribution in [0.3, 0.4) is 0 Å². The molecule has 3 nitrogen and oxygen atoms in total. The largest absolute Gasteiger partial charge is 0.310 e. The highest BCUT2D eigenvalue weighted by Gasteiger charge is 2.20. The second kappa shape index (κ2) is 5.16. The Hall–Kier alpha value is -1.03. The molecule has 1 aliphatic rings. The Morgan fingerprint density at radius 3 is 2.79 bits per heavy atom. The lowest BCUT2D eigenvalue weighted by molar-refractivity contribution is 0.681. The van der Waals surface area contributed by atoms with Crippen molar-refractivity contribution in [1.29, 1.82) is 0 Å². The first kappa shape index (κ1) is 13.0. The van der Waals surface area contributed by atoms with Gasteiger partial charge in [-0.3, -0.25) is 0 Å². The van der Waals surface area contributed by atoms with Crippen molar-refractivity contribution >= 4 is 23.2 Å². The summed E-state index contributed by atoms with van der Waals surface area (Å²) in [6, 6.07) is 6.50. The summed E-state index contributed by atoms with van der Waals surface area (Å²) in [5, 5.41) is 9.35. The zero-order chi connectivity index (χ0) is 13.4. The number of nitrogens with zero attached hydrogens (tertiary/aromatic N) is 2. The lowest BCUT2D eigenvalue weighted by Gasteiger charge is -2.11. The molecule has 0 saturated heterocycles. The second-order valence-corrected chi connectivity index (χ2v) is 5.78. The first-order valence-electron chi connectivity index (χ1n) is 6.37. The van der Waals surface area contributed by atoms with Crippen LogP contribution in [0, 0.1) is 6.92 Å². The van der Waals surface area contributed by atoms with Crippen molar-refractivity contribution in [3.05, 3.63) is 45.7 Å². The van der Waals surface area contributed by atoms with Crippen molar-refractivity contribution in [3.63, 3.8) is 0 Å². The average Bonchev–Trinajstić information content (AvgIpc) is 3.14. The van der Waals surface area contributed by atoms with Gasteiger partial charge in [-0.25, -0.2) is 4.68 Å². The zero-order valence-electron chi connectivity index (χ0n) is 10.7. The number of nitrogens with one attached hydrogen (secondary N) is 1. The van der Waals surface area contributed by atoms with Crippen LogP contribution in [0.4, 0.5) is 0 Å². The molecule has 1 aliphatic carbocycles. The van der Waals surface area contributed by atoms with Crippen molar-refractivity contribution in [2.45, 2.75) is 32.4 Å². The van der Waals surface area contributed by atoms with Gasteiger partial charge >= 0.3 is 0 Å². The summed E-state index contributed by atoms with van der Waals surface area (Å²) in [6.45, 7) is 2.70. The molecule has 0 unspecified atom stereocenters. The minimum atomic E-state index is 0.662. The average molecular weight is 296 g/mol. The summed E-state index contributed by atoms with van der Waals surface area (Å²) < 4.78 is 1.82. The smallest absolute Gasteiger partial charge is 0.0819 e. The molecule has 0 atom stereocenters. The molecule has 1 heterocycles. The molecule has 2 aromatic rings. The van der Waals surface area contributed by atoms with Gasteiger partial charge in [0.15, 0.2) is 0 Å². The molecule has 1 aromatic carbocycles. The molecule has 5 heteroatoms. The van der Waals surface area contributed by atoms with E-state index in [1.165, 1.54) is 12.8 Å². The van der Waals surface area contributed by atoms with E-state index in [2.05, 4.69) is 10.4 Å². The fraction of sp³-hybridized carbons (Fsp3) is 0.357. The number of benzene rings is 1. The predicted octanol–water partition coefficient (Wildman–Crippen LogP) is 3.74. The molecule has 0 spiro atoms. The molecular weight excluding hydrogens is 281 g/mol. The fourth-order valence-electron chi connectivity index (χ4n) is 2.02. The van der Waals surface area contributed by atoms with Crippen molar-refractivity contribution in [2.24, 2.45) is 0 Å². The van der Waals surface area contributed by atoms with Crippen LogP contribution in [0.2, 0.25) is 10.0 Å². The van der Waals surface area contributed by atoms with Crippen molar-refractivity contribution in [1.82, 2.24) is 15.1 Å². The van der Waals surface area contributed by atoms with Crippen LogP contribution in [-0.4, -0.2) is 15.8 Å². The van der Waals surface area contributed by atoms with Crippen molar-refractivity contribution < 1.29 is 0 Å². The first-order valence-corrected chi connectivity index (χ1v) is 7.13. The summed E-state index contributed by atoms with van der Waals surface area (Å²) in [5.74, 6) is 0. The highest BCUT2D eigenvalue weighted by molar-refractivity contribution is 6.31. The molecule has 0 radical (unpaired) electrons. The standard InChI is InChI=1S/C14H15Cl2N3/c1-9-13(16)8-19(18-9)14-5-2-11(15)6-10(14)7-17-12-3-4-12/h2,5-6,8,12,17H,3-4,7H2,1H3. The van der Waals surface area contributed by atoms with Gasteiger partial charge in [-0.05, 0) is 43.5 Å². The lowest BCUT2D eigenvalue weighted by Crippen LogP contribution is -2.17. The first-order chi connectivity index (χ1) is 9.13. The molecule has 100 valence electrons. The number of rotatable bonds is 4. The van der Waals surface area contributed by atoms with E-state index in [9.17, 15) is 0 Å². The monoisotopic (exact) mass is 295 g/mol. The van der Waals surface area contributed by atoms with Gasteiger partial charge in [-0.15, -0.1) is 0 Å². The van der Waals surface area contributed by atoms with Gasteiger partial charge in [0.2, 0.25) is 0 Å². The van der Waals surface area contributed by atoms with Crippen molar-refractivity contribution in [2.75, 3.05) is 0 Å². The number of hydrogen-bond donors (Lipinski definition) is 1. The van der Waals surface area contributed by atoms with E-state index in [0.29, 0.717) is 11.1 Å². The van der Waals surface area contributed by atoms with Gasteiger partial charge in [0.25, 0.3) is 0 Å². The maximum Gasteiger partial charge on any atom is 0.0819 e. The Morgan fingerprint density at radius 1 is 1.37 bits per heavy atom. The van der Waals surface area contributed by atoms with E-state index in [1.54, 1.807) is 0 Å². The Balaban J connectivity index is 1.93. The van der Waals surface area contributed by atoms with E-state index in [4.69, 9.17) is 23.2 Å². The van der Waals surface area contributed by atoms with Crippen LogP contribution in [0.25, 0.3) is 5.69 Å². The summed E-state index contributed by atoms with van der Waals surface area (Å²) in [5.41, 5.74) is 2.99. The quantitative estimate of drug-likeness (QED) is 0.931. The minimum absolute atomic E-state index is 0.662. The molecule has 0 aliphatic heterocycles. The number of aryl methyl sites for hydroxylation is 1. The molecule has 0 bridgehead atoms. The maximum atomic E-state index is 6.09. The van der Waals surface area contributed by atoms with Crippen LogP contribution < -0.4 is 5.32 Å². The van der Waals surface area contributed by atoms with Gasteiger partial charge in [-0.2, -0.15) is 5.10 Å². The summed E-state index contributed by atoms with van der Waals surface area (Å²) >= 11 is 12.2. The lowest BCUT2D eigenvalue weighted by atomic mass is 10.1. The normalized spacial score (nSPS) is 14.9. The molecule has 1 aromatic heterocycles. The molecular formula is C14H15Cl2N3. The van der Waals surface area contributed by atoms with Gasteiger partial charge in [-0.1, -0.05) is 23.2 Å². The summed E-state index contributed by atoms with van der Waals surface area (Å²) in [4.78, 5) is 0. The number of hydrogen-bond acceptors (Lipinski definition) is 2. The third-order valence-electron chi connectivity index (χ3n) is 3.29. The molecule has 0 amide bonds. The Kier molecular flexibility index (Phi) is 3.52. The van der Waals surface area contributed by atoms with Gasteiger partial charge in [0.1, 0.15) is 0 Å². The number of halogens is 2. The molecule has 1 saturated carbocycles. The van der Waals surface area contributed by atoms with Gasteiger partial charge in [0, 0.05) is 23.8 Å². The highest BCUT2D eigenvalue weighted by Crippen LogP contribution is 2.24. The molecule has 19 heavy (non-hydrogen) atoms. The fourth-order valence-corrected chi connectivity index (χ4v) is 2.35. The van der Waals surface area contributed by atoms with Crippen LogP contribution in [-0.2, 0) is 6.54 Å². The third kappa shape index (κ3) is 2.94. The minimum Gasteiger partial charge on any atom is -0.310 e. The van der Waals surface area contributed by atoms with Crippen molar-refractivity contribution in [3.8, 4) is 5.69 Å². The second-order valence-electron chi connectivity index (χ2n) is 4.94. The van der Waals surface area contributed by atoms with Crippen LogP contribution in [0.15, 0.2) is 24.4 Å². The van der Waals surface area contributed by atoms with E-state index in [1.807, 2.05) is 36.0 Å². The topological polar surface area (TPSA) is 29.9 Å². The van der Waals surface area contributed by atoms with E-state index in [-0.39, 0.29) is 0 Å². The molecule has 3 rings (SSSR count). The molecule has 1 N–H and O–H groups in total. The van der Waals surface area contributed by atoms with Crippen LogP contribution in [0.1, 0.15) is 24.1 Å². The van der Waals surface area contributed by atoms with Gasteiger partial charge < -0.3 is 5.32 Å². The summed E-state index contributed by atoms with van der Waals surface area (Å²) in [6.07, 6.45) is 4.37. The highest BCUT2D eigenvalue weighted by atomic mass is 35.5. The zero-order valence-corrected chi connectivity index (χ0v) is 12.2. The Labute approximate surface area is 122 Å². The van der Waals surface area contributed by atoms with E-state index in [0.717, 1.165) is 28.5 Å². The van der Waals surface area contributed by atoms with Crippen LogP contribution >= 0.6 is 23.2 Å². The Morgan fingerprint density at radius 2 is 2.16 bits per heavy atom. The number of aromatic nitrogens is 2. The van der Waals surface area contributed by atoms with Crippen LogP contribution in [0.5, 0.6) is 0 Å². The predicted molar refractivity (Wildman–Crippen MR) is 78.2 cm³/mol.